The Morgan fingerprint density at radius 1 is 1.34 bits per heavy atom. The zero-order valence-corrected chi connectivity index (χ0v) is 17.2. The Bertz CT molecular complexity index is 867. The first kappa shape index (κ1) is 20.9. The van der Waals surface area contributed by atoms with Gasteiger partial charge in [-0.2, -0.15) is 13.9 Å². The van der Waals surface area contributed by atoms with Crippen molar-refractivity contribution >= 4 is 11.6 Å². The van der Waals surface area contributed by atoms with E-state index < -0.39 is 6.61 Å². The molecule has 158 valence electrons. The van der Waals surface area contributed by atoms with Gasteiger partial charge in [0.2, 0.25) is 0 Å². The first-order valence-electron chi connectivity index (χ1n) is 9.64. The molecule has 1 aliphatic heterocycles. The fourth-order valence-corrected chi connectivity index (χ4v) is 3.64. The second kappa shape index (κ2) is 9.11. The number of alkyl halides is 2. The Morgan fingerprint density at radius 2 is 2.10 bits per heavy atom. The zero-order chi connectivity index (χ0) is 21.0. The molecule has 0 spiro atoms. The van der Waals surface area contributed by atoms with Crippen LogP contribution in [0.2, 0.25) is 0 Å². The largest absolute Gasteiger partial charge is 0.433 e. The molecule has 0 aliphatic carbocycles. The third kappa shape index (κ3) is 4.96. The van der Waals surface area contributed by atoms with Gasteiger partial charge < -0.3 is 20.3 Å². The van der Waals surface area contributed by atoms with E-state index in [2.05, 4.69) is 30.4 Å². The molecule has 2 heterocycles. The Labute approximate surface area is 169 Å². The molecule has 0 radical (unpaired) electrons. The lowest BCUT2D eigenvalue weighted by atomic mass is 10.2. The van der Waals surface area contributed by atoms with E-state index in [-0.39, 0.29) is 11.8 Å². The molecule has 2 aromatic rings. The van der Waals surface area contributed by atoms with Crippen LogP contribution >= 0.6 is 0 Å². The number of guanidine groups is 1. The number of rotatable bonds is 6. The number of hydrogen-bond donors (Lipinski definition) is 2. The highest BCUT2D eigenvalue weighted by Gasteiger charge is 2.26. The number of nitrogens with one attached hydrogen (secondary N) is 2. The summed E-state index contributed by atoms with van der Waals surface area (Å²) in [4.78, 5) is 6.37. The second-order valence-electron chi connectivity index (χ2n) is 7.12. The van der Waals surface area contributed by atoms with Gasteiger partial charge in [0, 0.05) is 51.0 Å². The van der Waals surface area contributed by atoms with Crippen molar-refractivity contribution in [1.29, 1.82) is 0 Å². The first-order valence-corrected chi connectivity index (χ1v) is 9.64. The van der Waals surface area contributed by atoms with E-state index in [9.17, 15) is 8.78 Å². The summed E-state index contributed by atoms with van der Waals surface area (Å²) in [6.07, 6.45) is 0.870. The quantitative estimate of drug-likeness (QED) is 0.570. The third-order valence-corrected chi connectivity index (χ3v) is 5.27. The smallest absolute Gasteiger partial charge is 0.387 e. The fraction of sp³-hybridized carbons (Fsp3) is 0.500. The van der Waals surface area contributed by atoms with Gasteiger partial charge in [-0.15, -0.1) is 0 Å². The van der Waals surface area contributed by atoms with Gasteiger partial charge in [-0.3, -0.25) is 9.67 Å². The maximum atomic E-state index is 12.7. The summed E-state index contributed by atoms with van der Waals surface area (Å²) >= 11 is 0. The van der Waals surface area contributed by atoms with Crippen molar-refractivity contribution in [1.82, 2.24) is 20.4 Å². The molecule has 9 heteroatoms. The summed E-state index contributed by atoms with van der Waals surface area (Å²) in [7, 11) is 3.67. The minimum absolute atomic E-state index is 0.150. The predicted molar refractivity (Wildman–Crippen MR) is 110 cm³/mol. The highest BCUT2D eigenvalue weighted by molar-refractivity contribution is 5.80. The van der Waals surface area contributed by atoms with Crippen LogP contribution in [0.5, 0.6) is 5.75 Å². The number of halogens is 2. The summed E-state index contributed by atoms with van der Waals surface area (Å²) in [6.45, 7) is 3.26. The Kier molecular flexibility index (Phi) is 6.56. The van der Waals surface area contributed by atoms with Gasteiger partial charge in [0.25, 0.3) is 0 Å². The van der Waals surface area contributed by atoms with E-state index in [4.69, 9.17) is 0 Å². The van der Waals surface area contributed by atoms with Gasteiger partial charge in [0.1, 0.15) is 5.75 Å². The van der Waals surface area contributed by atoms with Crippen LogP contribution in [0.1, 0.15) is 23.4 Å². The van der Waals surface area contributed by atoms with Crippen LogP contribution in [0.4, 0.5) is 14.5 Å². The van der Waals surface area contributed by atoms with Crippen molar-refractivity contribution < 1.29 is 13.5 Å². The van der Waals surface area contributed by atoms with E-state index in [0.29, 0.717) is 24.7 Å². The van der Waals surface area contributed by atoms with Gasteiger partial charge >= 0.3 is 6.61 Å². The molecular weight excluding hydrogens is 378 g/mol. The van der Waals surface area contributed by atoms with Crippen molar-refractivity contribution in [3.05, 3.63) is 41.2 Å². The molecule has 0 amide bonds. The molecule has 1 aliphatic rings. The molecule has 29 heavy (non-hydrogen) atoms. The number of anilines is 1. The molecule has 7 nitrogen and oxygen atoms in total. The molecule has 2 N–H and O–H groups in total. The van der Waals surface area contributed by atoms with E-state index >= 15 is 0 Å². The number of aromatic nitrogens is 2. The molecule has 1 fully saturated rings. The maximum Gasteiger partial charge on any atom is 0.387 e. The SMILES string of the molecule is CN=C(NCc1c(C)nn(C)c1C)NC1CCN(c2ccccc2OC(F)F)C1. The van der Waals surface area contributed by atoms with E-state index in [1.54, 1.807) is 25.2 Å². The van der Waals surface area contributed by atoms with Crippen LogP contribution in [0.25, 0.3) is 0 Å². The molecule has 3 rings (SSSR count). The van der Waals surface area contributed by atoms with Crippen molar-refractivity contribution in [3.63, 3.8) is 0 Å². The summed E-state index contributed by atoms with van der Waals surface area (Å²) in [5.74, 6) is 0.907. The molecule has 1 aromatic carbocycles. The molecule has 1 saturated heterocycles. The number of benzene rings is 1. The number of ether oxygens (including phenoxy) is 1. The minimum atomic E-state index is -2.84. The summed E-state index contributed by atoms with van der Waals surface area (Å²) in [6, 6.07) is 7.05. The predicted octanol–water partition coefficient (Wildman–Crippen LogP) is 2.58. The van der Waals surface area contributed by atoms with E-state index in [1.807, 2.05) is 31.6 Å². The van der Waals surface area contributed by atoms with Gasteiger partial charge in [-0.1, -0.05) is 12.1 Å². The summed E-state index contributed by atoms with van der Waals surface area (Å²) in [5.41, 5.74) is 3.95. The minimum Gasteiger partial charge on any atom is -0.433 e. The normalized spacial score (nSPS) is 17.1. The fourth-order valence-electron chi connectivity index (χ4n) is 3.64. The standard InChI is InChI=1S/C20H28F2N6O/c1-13-16(14(2)27(4)26-13)11-24-20(23-3)25-15-9-10-28(12-15)17-7-5-6-8-18(17)29-19(21)22/h5-8,15,19H,9-12H2,1-4H3,(H2,23,24,25). The Balaban J connectivity index is 1.59. The molecule has 1 unspecified atom stereocenters. The van der Waals surface area contributed by atoms with Gasteiger partial charge in [-0.25, -0.2) is 0 Å². The molecule has 0 saturated carbocycles. The monoisotopic (exact) mass is 406 g/mol. The zero-order valence-electron chi connectivity index (χ0n) is 17.2. The van der Waals surface area contributed by atoms with Crippen molar-refractivity contribution in [2.24, 2.45) is 12.0 Å². The van der Waals surface area contributed by atoms with Crippen LogP contribution in [-0.4, -0.2) is 48.5 Å². The van der Waals surface area contributed by atoms with Gasteiger partial charge in [0.15, 0.2) is 5.96 Å². The number of para-hydroxylation sites is 2. The lowest BCUT2D eigenvalue weighted by molar-refractivity contribution is -0.0495. The van der Waals surface area contributed by atoms with Crippen molar-refractivity contribution in [3.8, 4) is 5.75 Å². The average Bonchev–Trinajstić information content (AvgIpc) is 3.24. The lowest BCUT2D eigenvalue weighted by Crippen LogP contribution is -2.44. The van der Waals surface area contributed by atoms with Gasteiger partial charge in [0.05, 0.1) is 11.4 Å². The van der Waals surface area contributed by atoms with Crippen LogP contribution in [0.15, 0.2) is 29.3 Å². The molecule has 0 bridgehead atoms. The van der Waals surface area contributed by atoms with Crippen LogP contribution in [0, 0.1) is 13.8 Å². The topological polar surface area (TPSA) is 66.7 Å². The second-order valence-corrected chi connectivity index (χ2v) is 7.12. The van der Waals surface area contributed by atoms with Crippen molar-refractivity contribution in [2.75, 3.05) is 25.0 Å². The van der Waals surface area contributed by atoms with Crippen LogP contribution in [-0.2, 0) is 13.6 Å². The lowest BCUT2D eigenvalue weighted by Gasteiger charge is -2.22. The Hall–Kier alpha value is -2.84. The molecule has 1 atom stereocenters. The van der Waals surface area contributed by atoms with Crippen LogP contribution < -0.4 is 20.3 Å². The third-order valence-electron chi connectivity index (χ3n) is 5.27. The first-order chi connectivity index (χ1) is 13.9. The Morgan fingerprint density at radius 3 is 2.76 bits per heavy atom. The van der Waals surface area contributed by atoms with Gasteiger partial charge in [-0.05, 0) is 32.4 Å². The number of aliphatic imine (C=N–C) groups is 1. The summed E-state index contributed by atoms with van der Waals surface area (Å²) < 4.78 is 31.9. The number of aryl methyl sites for hydroxylation is 2. The highest BCUT2D eigenvalue weighted by Crippen LogP contribution is 2.31. The molecular formula is C20H28F2N6O. The van der Waals surface area contributed by atoms with E-state index in [0.717, 1.165) is 29.9 Å². The van der Waals surface area contributed by atoms with Crippen LogP contribution in [0.3, 0.4) is 0 Å². The number of nitrogens with zero attached hydrogens (tertiary/aromatic N) is 4. The summed E-state index contributed by atoms with van der Waals surface area (Å²) in [5, 5.41) is 11.2. The average molecular weight is 406 g/mol. The van der Waals surface area contributed by atoms with Crippen molar-refractivity contribution in [2.45, 2.75) is 39.5 Å². The molecule has 1 aromatic heterocycles. The number of hydrogen-bond acceptors (Lipinski definition) is 4. The highest BCUT2D eigenvalue weighted by atomic mass is 19.3. The maximum absolute atomic E-state index is 12.7. The van der Waals surface area contributed by atoms with E-state index in [1.165, 1.54) is 0 Å².